The Morgan fingerprint density at radius 2 is 2.18 bits per heavy atom. The van der Waals surface area contributed by atoms with Gasteiger partial charge in [0.15, 0.2) is 0 Å². The van der Waals surface area contributed by atoms with Crippen molar-refractivity contribution in [1.82, 2.24) is 0 Å². The van der Waals surface area contributed by atoms with Gasteiger partial charge in [0, 0.05) is 18.6 Å². The molecule has 0 saturated carbocycles. The van der Waals surface area contributed by atoms with Crippen LogP contribution < -0.4 is 0 Å². The lowest BCUT2D eigenvalue weighted by atomic mass is 9.91. The Kier molecular flexibility index (Phi) is 4.92. The van der Waals surface area contributed by atoms with E-state index in [2.05, 4.69) is 0 Å². The molecule has 0 heterocycles. The fourth-order valence-electron chi connectivity index (χ4n) is 1.63. The third kappa shape index (κ3) is 3.41. The van der Waals surface area contributed by atoms with Gasteiger partial charge in [0.2, 0.25) is 0 Å². The summed E-state index contributed by atoms with van der Waals surface area (Å²) in [6.07, 6.45) is 0.348. The van der Waals surface area contributed by atoms with Crippen molar-refractivity contribution in [3.05, 3.63) is 34.6 Å². The Balaban J connectivity index is 2.84. The van der Waals surface area contributed by atoms with Gasteiger partial charge in [-0.25, -0.2) is 4.39 Å². The van der Waals surface area contributed by atoms with E-state index in [9.17, 15) is 9.50 Å². The molecule has 0 aliphatic heterocycles. The van der Waals surface area contributed by atoms with Crippen molar-refractivity contribution in [2.45, 2.75) is 38.4 Å². The van der Waals surface area contributed by atoms with Crippen LogP contribution in [-0.2, 0) is 11.2 Å². The highest BCUT2D eigenvalue weighted by Crippen LogP contribution is 2.25. The molecule has 96 valence electrons. The van der Waals surface area contributed by atoms with Gasteiger partial charge in [0.1, 0.15) is 5.82 Å². The Morgan fingerprint density at radius 3 is 2.65 bits per heavy atom. The molecule has 1 aromatic carbocycles. The molecule has 2 atom stereocenters. The molecule has 0 saturated heterocycles. The van der Waals surface area contributed by atoms with E-state index in [4.69, 9.17) is 16.3 Å². The van der Waals surface area contributed by atoms with Crippen LogP contribution in [0.5, 0.6) is 0 Å². The van der Waals surface area contributed by atoms with Crippen molar-refractivity contribution in [2.24, 2.45) is 0 Å². The normalized spacial score (nSPS) is 16.6. The molecule has 0 aliphatic rings. The number of aliphatic hydroxyl groups is 1. The molecule has 0 radical (unpaired) electrons. The second-order valence-corrected chi connectivity index (χ2v) is 4.73. The first-order valence-electron chi connectivity index (χ1n) is 5.60. The SMILES string of the molecule is CCC(C)(OC)C(O)Cc1ccc(F)cc1Cl. The molecule has 0 aliphatic carbocycles. The van der Waals surface area contributed by atoms with Crippen LogP contribution in [0, 0.1) is 5.82 Å². The number of hydrogen-bond donors (Lipinski definition) is 1. The van der Waals surface area contributed by atoms with E-state index >= 15 is 0 Å². The van der Waals surface area contributed by atoms with E-state index in [0.29, 0.717) is 17.9 Å². The van der Waals surface area contributed by atoms with Crippen LogP contribution >= 0.6 is 11.6 Å². The monoisotopic (exact) mass is 260 g/mol. The molecule has 1 rings (SSSR count). The fraction of sp³-hybridized carbons (Fsp3) is 0.538. The second kappa shape index (κ2) is 5.80. The van der Waals surface area contributed by atoms with Gasteiger partial charge in [-0.3, -0.25) is 0 Å². The topological polar surface area (TPSA) is 29.5 Å². The minimum Gasteiger partial charge on any atom is -0.390 e. The summed E-state index contributed by atoms with van der Waals surface area (Å²) >= 11 is 5.92. The van der Waals surface area contributed by atoms with Crippen LogP contribution in [-0.4, -0.2) is 23.9 Å². The minimum atomic E-state index is -0.680. The largest absolute Gasteiger partial charge is 0.390 e. The van der Waals surface area contributed by atoms with Gasteiger partial charge in [-0.05, 0) is 31.0 Å². The van der Waals surface area contributed by atoms with E-state index in [1.807, 2.05) is 13.8 Å². The number of aliphatic hydroxyl groups excluding tert-OH is 1. The van der Waals surface area contributed by atoms with Gasteiger partial charge in [0.05, 0.1) is 11.7 Å². The van der Waals surface area contributed by atoms with Gasteiger partial charge in [0.25, 0.3) is 0 Å². The molecular formula is C13H18ClFO2. The predicted molar refractivity (Wildman–Crippen MR) is 66.8 cm³/mol. The van der Waals surface area contributed by atoms with Crippen LogP contribution in [0.15, 0.2) is 18.2 Å². The maximum Gasteiger partial charge on any atom is 0.124 e. The van der Waals surface area contributed by atoms with Gasteiger partial charge in [-0.2, -0.15) is 0 Å². The smallest absolute Gasteiger partial charge is 0.124 e. The summed E-state index contributed by atoms with van der Waals surface area (Å²) in [5.41, 5.74) is 0.106. The van der Waals surface area contributed by atoms with Crippen LogP contribution in [0.3, 0.4) is 0 Å². The zero-order valence-electron chi connectivity index (χ0n) is 10.3. The minimum absolute atomic E-state index is 0.332. The van der Waals surface area contributed by atoms with Gasteiger partial charge < -0.3 is 9.84 Å². The van der Waals surface area contributed by atoms with Crippen LogP contribution in [0.25, 0.3) is 0 Å². The maximum atomic E-state index is 12.9. The third-order valence-corrected chi connectivity index (χ3v) is 3.65. The lowest BCUT2D eigenvalue weighted by molar-refractivity contribution is -0.0914. The number of hydrogen-bond acceptors (Lipinski definition) is 2. The first kappa shape index (κ1) is 14.4. The van der Waals surface area contributed by atoms with E-state index in [-0.39, 0.29) is 5.82 Å². The van der Waals surface area contributed by atoms with Crippen molar-refractivity contribution in [2.75, 3.05) is 7.11 Å². The lowest BCUT2D eigenvalue weighted by Gasteiger charge is -2.32. The quantitative estimate of drug-likeness (QED) is 0.881. The summed E-state index contributed by atoms with van der Waals surface area (Å²) in [4.78, 5) is 0. The van der Waals surface area contributed by atoms with Crippen molar-refractivity contribution >= 4 is 11.6 Å². The fourth-order valence-corrected chi connectivity index (χ4v) is 1.87. The van der Waals surface area contributed by atoms with Crippen LogP contribution in [0.1, 0.15) is 25.8 Å². The molecule has 1 aromatic rings. The molecule has 0 amide bonds. The van der Waals surface area contributed by atoms with Crippen molar-refractivity contribution < 1.29 is 14.2 Å². The van der Waals surface area contributed by atoms with E-state index in [1.165, 1.54) is 12.1 Å². The zero-order chi connectivity index (χ0) is 13.1. The molecule has 0 bridgehead atoms. The molecule has 4 heteroatoms. The zero-order valence-corrected chi connectivity index (χ0v) is 11.1. The van der Waals surface area contributed by atoms with E-state index in [1.54, 1.807) is 13.2 Å². The second-order valence-electron chi connectivity index (χ2n) is 4.33. The highest BCUT2D eigenvalue weighted by Gasteiger charge is 2.31. The Hall–Kier alpha value is -0.640. The average molecular weight is 261 g/mol. The van der Waals surface area contributed by atoms with Crippen molar-refractivity contribution in [1.29, 1.82) is 0 Å². The first-order chi connectivity index (χ1) is 7.92. The molecule has 1 N–H and O–H groups in total. The Labute approximate surface area is 106 Å². The van der Waals surface area contributed by atoms with Gasteiger partial charge in [-0.15, -0.1) is 0 Å². The summed E-state index contributed by atoms with van der Waals surface area (Å²) in [7, 11) is 1.57. The van der Waals surface area contributed by atoms with Crippen LogP contribution in [0.4, 0.5) is 4.39 Å². The highest BCUT2D eigenvalue weighted by atomic mass is 35.5. The van der Waals surface area contributed by atoms with Crippen LogP contribution in [0.2, 0.25) is 5.02 Å². The van der Waals surface area contributed by atoms with Crippen molar-refractivity contribution in [3.63, 3.8) is 0 Å². The summed E-state index contributed by atoms with van der Waals surface area (Å²) in [6, 6.07) is 4.18. The Morgan fingerprint density at radius 1 is 1.53 bits per heavy atom. The molecular weight excluding hydrogens is 243 g/mol. The molecule has 17 heavy (non-hydrogen) atoms. The summed E-state index contributed by atoms with van der Waals surface area (Å²) in [5, 5.41) is 10.5. The molecule has 2 nitrogen and oxygen atoms in total. The summed E-state index contributed by atoms with van der Waals surface area (Å²) in [5.74, 6) is -0.377. The third-order valence-electron chi connectivity index (χ3n) is 3.30. The maximum absolute atomic E-state index is 12.9. The standard InChI is InChI=1S/C13H18ClFO2/c1-4-13(2,17-3)12(16)7-9-5-6-10(15)8-11(9)14/h5-6,8,12,16H,4,7H2,1-3H3. The molecule has 0 spiro atoms. The number of methoxy groups -OCH3 is 1. The first-order valence-corrected chi connectivity index (χ1v) is 5.98. The van der Waals surface area contributed by atoms with Gasteiger partial charge >= 0.3 is 0 Å². The summed E-state index contributed by atoms with van der Waals surface area (Å²) < 4.78 is 18.2. The van der Waals surface area contributed by atoms with Gasteiger partial charge in [-0.1, -0.05) is 24.6 Å². The average Bonchev–Trinajstić information content (AvgIpc) is 2.31. The molecule has 2 unspecified atom stereocenters. The number of benzene rings is 1. The number of rotatable bonds is 5. The summed E-state index contributed by atoms with van der Waals surface area (Å²) in [6.45, 7) is 3.79. The molecule has 0 aromatic heterocycles. The number of halogens is 2. The van der Waals surface area contributed by atoms with E-state index < -0.39 is 11.7 Å². The highest BCUT2D eigenvalue weighted by molar-refractivity contribution is 6.31. The van der Waals surface area contributed by atoms with Crippen molar-refractivity contribution in [3.8, 4) is 0 Å². The number of ether oxygens (including phenoxy) is 1. The molecule has 0 fully saturated rings. The van der Waals surface area contributed by atoms with E-state index in [0.717, 1.165) is 5.56 Å². The predicted octanol–water partition coefficient (Wildman–Crippen LogP) is 3.20. The lowest BCUT2D eigenvalue weighted by Crippen LogP contribution is -2.42. The Bertz CT molecular complexity index is 378.